The number of rotatable bonds is 6. The molecule has 5 nitrogen and oxygen atoms in total. The number of aromatic nitrogens is 4. The lowest BCUT2D eigenvalue weighted by Crippen LogP contribution is -2.01. The van der Waals surface area contributed by atoms with Gasteiger partial charge in [-0.15, -0.1) is 0 Å². The van der Waals surface area contributed by atoms with Crippen LogP contribution in [0.3, 0.4) is 0 Å². The average Bonchev–Trinajstić information content (AvgIpc) is 3.49. The zero-order valence-electron chi connectivity index (χ0n) is 27.0. The molecule has 7 rings (SSSR count). The normalized spacial score (nSPS) is 11.6. The number of pyridine rings is 1. The lowest BCUT2D eigenvalue weighted by atomic mass is 9.87. The maximum Gasteiger partial charge on any atom is 0.137 e. The van der Waals surface area contributed by atoms with Crippen molar-refractivity contribution in [3.8, 4) is 34.1 Å². The van der Waals surface area contributed by atoms with Gasteiger partial charge in [0.15, 0.2) is 0 Å². The van der Waals surface area contributed by atoms with E-state index in [4.69, 9.17) is 14.8 Å². The number of benzene rings is 4. The van der Waals surface area contributed by atoms with Crippen LogP contribution in [0.1, 0.15) is 53.4 Å². The molecular weight excluding hydrogens is 552 g/mol. The summed E-state index contributed by atoms with van der Waals surface area (Å²) in [5.74, 6) is 2.83. The predicted octanol–water partition coefficient (Wildman–Crippen LogP) is 10.5. The first-order valence-electron chi connectivity index (χ1n) is 15.6. The van der Waals surface area contributed by atoms with Crippen molar-refractivity contribution >= 4 is 21.8 Å². The highest BCUT2D eigenvalue weighted by Gasteiger charge is 2.21. The Morgan fingerprint density at radius 3 is 2.24 bits per heavy atom. The number of aryl methyl sites for hydroxylation is 4. The van der Waals surface area contributed by atoms with Crippen LogP contribution < -0.4 is 4.74 Å². The van der Waals surface area contributed by atoms with Gasteiger partial charge >= 0.3 is 0 Å². The summed E-state index contributed by atoms with van der Waals surface area (Å²) in [6.45, 7) is 15.3. The Hall–Kier alpha value is -5.16. The minimum atomic E-state index is 0.412. The van der Waals surface area contributed by atoms with E-state index in [1.54, 1.807) is 0 Å². The molecule has 0 N–H and O–H groups in total. The second kappa shape index (κ2) is 11.1. The highest BCUT2D eigenvalue weighted by Crippen LogP contribution is 2.39. The van der Waals surface area contributed by atoms with Crippen LogP contribution in [-0.2, 0) is 0 Å². The summed E-state index contributed by atoms with van der Waals surface area (Å²) < 4.78 is 10.8. The third-order valence-electron chi connectivity index (χ3n) is 8.75. The number of nitrogens with zero attached hydrogens (tertiary/aromatic N) is 4. The fraction of sp³-hybridized carbons (Fsp3) is 0.200. The van der Waals surface area contributed by atoms with E-state index in [2.05, 4.69) is 120 Å². The molecule has 7 aromatic rings. The fourth-order valence-electron chi connectivity index (χ4n) is 6.77. The molecule has 0 aliphatic heterocycles. The number of para-hydroxylation sites is 1. The zero-order valence-corrected chi connectivity index (χ0v) is 27.0. The van der Waals surface area contributed by atoms with Crippen molar-refractivity contribution in [1.29, 1.82) is 0 Å². The van der Waals surface area contributed by atoms with Crippen molar-refractivity contribution in [2.75, 3.05) is 0 Å². The Balaban J connectivity index is 1.29. The van der Waals surface area contributed by atoms with E-state index < -0.39 is 0 Å². The molecule has 0 amide bonds. The summed E-state index contributed by atoms with van der Waals surface area (Å²) in [6, 6.07) is 31.7. The van der Waals surface area contributed by atoms with Crippen LogP contribution in [0, 0.1) is 34.6 Å². The van der Waals surface area contributed by atoms with Gasteiger partial charge in [-0.05, 0) is 105 Å². The van der Waals surface area contributed by atoms with Gasteiger partial charge in [0.25, 0.3) is 0 Å². The Labute approximate surface area is 264 Å². The van der Waals surface area contributed by atoms with Crippen molar-refractivity contribution in [3.63, 3.8) is 0 Å². The molecule has 224 valence electrons. The molecule has 0 saturated carbocycles. The Bertz CT molecular complexity index is 2230. The van der Waals surface area contributed by atoms with Gasteiger partial charge in [0, 0.05) is 40.4 Å². The molecule has 4 aromatic carbocycles. The van der Waals surface area contributed by atoms with E-state index in [0.29, 0.717) is 5.92 Å². The highest BCUT2D eigenvalue weighted by molar-refractivity contribution is 6.09. The first-order valence-corrected chi connectivity index (χ1v) is 15.6. The van der Waals surface area contributed by atoms with Crippen LogP contribution in [0.2, 0.25) is 0 Å². The molecule has 0 aliphatic carbocycles. The van der Waals surface area contributed by atoms with Crippen molar-refractivity contribution in [1.82, 2.24) is 19.3 Å². The summed E-state index contributed by atoms with van der Waals surface area (Å²) in [4.78, 5) is 4.72. The van der Waals surface area contributed by atoms with Gasteiger partial charge in [0.1, 0.15) is 17.3 Å². The van der Waals surface area contributed by atoms with Gasteiger partial charge in [-0.25, -0.2) is 9.67 Å². The molecule has 45 heavy (non-hydrogen) atoms. The molecular formula is C40H38N4O. The highest BCUT2D eigenvalue weighted by atomic mass is 16.5. The van der Waals surface area contributed by atoms with Gasteiger partial charge in [-0.3, -0.25) is 4.57 Å². The molecule has 0 radical (unpaired) electrons. The SMILES string of the molecule is Cc1ccnc(-n2c3ccccc3c3ccc(Oc4cccc(-n5nc(C)c(-c6c(C)cc(C)cc6C(C)C)c5C)c4)cc32)c1. The first kappa shape index (κ1) is 28.6. The predicted molar refractivity (Wildman–Crippen MR) is 185 cm³/mol. The third kappa shape index (κ3) is 4.98. The largest absolute Gasteiger partial charge is 0.457 e. The van der Waals surface area contributed by atoms with Crippen LogP contribution >= 0.6 is 0 Å². The molecule has 0 unspecified atom stereocenters. The summed E-state index contributed by atoms with van der Waals surface area (Å²) in [7, 11) is 0. The Kier molecular flexibility index (Phi) is 7.04. The summed E-state index contributed by atoms with van der Waals surface area (Å²) in [5, 5.41) is 7.39. The lowest BCUT2D eigenvalue weighted by Gasteiger charge is -2.18. The van der Waals surface area contributed by atoms with Gasteiger partial charge in [-0.2, -0.15) is 5.10 Å². The monoisotopic (exact) mass is 590 g/mol. The number of hydrogen-bond donors (Lipinski definition) is 0. The molecule has 3 heterocycles. The smallest absolute Gasteiger partial charge is 0.137 e. The second-order valence-corrected chi connectivity index (χ2v) is 12.5. The van der Waals surface area contributed by atoms with E-state index in [1.807, 2.05) is 35.1 Å². The maximum absolute atomic E-state index is 6.53. The van der Waals surface area contributed by atoms with Crippen molar-refractivity contribution in [2.45, 2.75) is 54.4 Å². The standard InChI is InChI=1S/C40H38N4O/c1-24(2)35-20-26(4)19-27(5)39(35)40-28(6)42-44(29(40)7)30-11-10-12-31(22-30)45-32-15-16-34-33-13-8-9-14-36(33)43(37(34)23-32)38-21-25(3)17-18-41-38/h8-24H,1-7H3. The van der Waals surface area contributed by atoms with Crippen molar-refractivity contribution in [3.05, 3.63) is 131 Å². The maximum atomic E-state index is 6.53. The van der Waals surface area contributed by atoms with Gasteiger partial charge in [0.2, 0.25) is 0 Å². The molecule has 0 bridgehead atoms. The minimum Gasteiger partial charge on any atom is -0.457 e. The van der Waals surface area contributed by atoms with E-state index in [9.17, 15) is 0 Å². The fourth-order valence-corrected chi connectivity index (χ4v) is 6.77. The second-order valence-electron chi connectivity index (χ2n) is 12.5. The Morgan fingerprint density at radius 1 is 0.667 bits per heavy atom. The molecule has 0 spiro atoms. The molecule has 0 saturated heterocycles. The van der Waals surface area contributed by atoms with Crippen LogP contribution in [0.4, 0.5) is 0 Å². The molecule has 0 aliphatic rings. The topological polar surface area (TPSA) is 44.9 Å². The average molecular weight is 591 g/mol. The van der Waals surface area contributed by atoms with E-state index in [1.165, 1.54) is 38.8 Å². The van der Waals surface area contributed by atoms with Crippen molar-refractivity contribution in [2.24, 2.45) is 0 Å². The van der Waals surface area contributed by atoms with E-state index in [-0.39, 0.29) is 0 Å². The zero-order chi connectivity index (χ0) is 31.4. The number of ether oxygens (including phenoxy) is 1. The van der Waals surface area contributed by atoms with Gasteiger partial charge < -0.3 is 4.74 Å². The van der Waals surface area contributed by atoms with Crippen LogP contribution in [0.5, 0.6) is 11.5 Å². The molecule has 5 heteroatoms. The Morgan fingerprint density at radius 2 is 1.44 bits per heavy atom. The summed E-state index contributed by atoms with van der Waals surface area (Å²) in [6.07, 6.45) is 1.87. The van der Waals surface area contributed by atoms with Crippen molar-refractivity contribution < 1.29 is 4.74 Å². The van der Waals surface area contributed by atoms with E-state index >= 15 is 0 Å². The van der Waals surface area contributed by atoms with E-state index in [0.717, 1.165) is 50.8 Å². The quantitative estimate of drug-likeness (QED) is 0.194. The van der Waals surface area contributed by atoms with Crippen LogP contribution in [0.15, 0.2) is 97.2 Å². The lowest BCUT2D eigenvalue weighted by molar-refractivity contribution is 0.483. The number of hydrogen-bond acceptors (Lipinski definition) is 3. The number of fused-ring (bicyclic) bond motifs is 3. The first-order chi connectivity index (χ1) is 21.7. The molecule has 0 atom stereocenters. The molecule has 3 aromatic heterocycles. The van der Waals surface area contributed by atoms with Crippen LogP contribution in [-0.4, -0.2) is 19.3 Å². The van der Waals surface area contributed by atoms with Gasteiger partial charge in [0.05, 0.1) is 22.4 Å². The van der Waals surface area contributed by atoms with Gasteiger partial charge in [-0.1, -0.05) is 55.8 Å². The summed E-state index contributed by atoms with van der Waals surface area (Å²) in [5.41, 5.74) is 12.9. The summed E-state index contributed by atoms with van der Waals surface area (Å²) >= 11 is 0. The molecule has 0 fully saturated rings. The third-order valence-corrected chi connectivity index (χ3v) is 8.75. The van der Waals surface area contributed by atoms with Crippen LogP contribution in [0.25, 0.3) is 44.4 Å². The minimum absolute atomic E-state index is 0.412.